The van der Waals surface area contributed by atoms with E-state index < -0.39 is 94.8 Å². The van der Waals surface area contributed by atoms with Crippen molar-refractivity contribution >= 4 is 68.0 Å². The molecule has 5 saturated carbocycles. The van der Waals surface area contributed by atoms with Crippen molar-refractivity contribution in [3.05, 3.63) is 11.8 Å². The van der Waals surface area contributed by atoms with Crippen LogP contribution in [0.1, 0.15) is 305 Å². The number of nitrogens with two attached hydrogens (primary N) is 1. The van der Waals surface area contributed by atoms with Crippen LogP contribution < -0.4 is 21.7 Å². The molecule has 23 heteroatoms. The summed E-state index contributed by atoms with van der Waals surface area (Å²) < 4.78 is 43.7. The fourth-order valence-corrected chi connectivity index (χ4v) is 12.2. The molecule has 5 fully saturated rings. The minimum absolute atomic E-state index is 0. The summed E-state index contributed by atoms with van der Waals surface area (Å²) in [6.07, 6.45) is 32.3. The average molecular weight is 1410 g/mol. The quantitative estimate of drug-likeness (QED) is 0.0217. The van der Waals surface area contributed by atoms with Gasteiger partial charge in [-0.25, -0.2) is 28.8 Å². The maximum absolute atomic E-state index is 12.4. The van der Waals surface area contributed by atoms with Crippen molar-refractivity contribution < 1.29 is 81.6 Å². The number of alkyl carbamates (subject to hydrolysis) is 3. The number of hydrogen-bond donors (Lipinski definition) is 6. The van der Waals surface area contributed by atoms with Crippen LogP contribution in [-0.2, 0) is 57.0 Å². The van der Waals surface area contributed by atoms with Gasteiger partial charge in [-0.1, -0.05) is 142 Å². The molecule has 0 aromatic carbocycles. The molecule has 0 saturated heterocycles. The standard InChI is InChI=1S/C18H33NO4.C18H31NO4.C13H26NO5P.C9H17NO2.C7H14O.C7H12O.CH4.ClH/c2*1-17(2,3)22-15(20)14(12-11-13-9-7-8-10-13)19-16(21)23-18(4,5)6;1-12(2,3)18-10(15)9(20(7,8)17)14-11(16)19-13(4,5)6;10-8(9(11)12)6-5-7-3-1-2-4-7;2*8-6-5-7-3-1-2-4-7;;/h13-14H,7-12H2,1-6H3,(H,19,21);12-13H,7-11H2,1-6H3,(H,19,21);9H,1-8H3,(H,14,16);7-8H,1-6,10H2,(H,11,12);7-8H,1-6H2;6-7H,1-5H2;1H4;1H/b;14-12-;;;;;;. The number of halogens is 1. The van der Waals surface area contributed by atoms with Crippen molar-refractivity contribution in [1.82, 2.24) is 16.0 Å². The Bertz CT molecular complexity index is 2310. The molecule has 564 valence electrons. The number of allylic oxidation sites excluding steroid dienone is 1. The number of amides is 3. The van der Waals surface area contributed by atoms with Gasteiger partial charge >= 0.3 is 42.2 Å². The van der Waals surface area contributed by atoms with Crippen molar-refractivity contribution in [3.8, 4) is 0 Å². The van der Waals surface area contributed by atoms with E-state index in [-0.39, 0.29) is 31.5 Å². The summed E-state index contributed by atoms with van der Waals surface area (Å²) in [5.74, 6) is -0.139. The number of carboxylic acid groups (broad SMARTS) is 1. The van der Waals surface area contributed by atoms with Crippen LogP contribution in [0.2, 0.25) is 0 Å². The van der Waals surface area contributed by atoms with Gasteiger partial charge in [0.25, 0.3) is 0 Å². The Labute approximate surface area is 586 Å². The van der Waals surface area contributed by atoms with Gasteiger partial charge in [0, 0.05) is 13.0 Å². The number of aliphatic hydroxyl groups is 1. The van der Waals surface area contributed by atoms with Crippen LogP contribution in [0.3, 0.4) is 0 Å². The summed E-state index contributed by atoms with van der Waals surface area (Å²) in [6.45, 7) is 35.0. The lowest BCUT2D eigenvalue weighted by atomic mass is 9.98. The van der Waals surface area contributed by atoms with E-state index in [1.54, 1.807) is 110 Å². The molecule has 0 aromatic heterocycles. The summed E-state index contributed by atoms with van der Waals surface area (Å²) >= 11 is 0. The number of esters is 3. The first-order valence-electron chi connectivity index (χ1n) is 35.1. The highest BCUT2D eigenvalue weighted by molar-refractivity contribution is 7.64. The Morgan fingerprint density at radius 3 is 1.15 bits per heavy atom. The largest absolute Gasteiger partial charge is 0.480 e. The van der Waals surface area contributed by atoms with E-state index in [0.717, 1.165) is 56.1 Å². The molecule has 0 bridgehead atoms. The van der Waals surface area contributed by atoms with E-state index in [1.165, 1.54) is 142 Å². The predicted octanol–water partition coefficient (Wildman–Crippen LogP) is 17.1. The van der Waals surface area contributed by atoms with Crippen molar-refractivity contribution in [2.45, 2.75) is 357 Å². The molecule has 0 spiro atoms. The van der Waals surface area contributed by atoms with Crippen molar-refractivity contribution in [2.75, 3.05) is 19.9 Å². The molecule has 21 nitrogen and oxygen atoms in total. The third kappa shape index (κ3) is 52.6. The molecular formula is C73H138ClN4O17P. The number of aliphatic carboxylic acids is 1. The van der Waals surface area contributed by atoms with E-state index in [0.29, 0.717) is 31.3 Å². The Hall–Kier alpha value is -4.46. The molecule has 3 unspecified atom stereocenters. The number of ether oxygens (including phenoxy) is 6. The summed E-state index contributed by atoms with van der Waals surface area (Å²) in [6, 6.07) is -1.30. The Morgan fingerprint density at radius 1 is 0.479 bits per heavy atom. The van der Waals surface area contributed by atoms with E-state index in [4.69, 9.17) is 44.4 Å². The molecule has 0 heterocycles. The number of carboxylic acids is 1. The van der Waals surface area contributed by atoms with E-state index >= 15 is 0 Å². The number of nitrogens with one attached hydrogen (secondary N) is 3. The zero-order valence-electron chi connectivity index (χ0n) is 62.5. The maximum Gasteiger partial charge on any atom is 0.412 e. The average Bonchev–Trinajstić information content (AvgIpc) is 1.14. The molecule has 5 aliphatic carbocycles. The van der Waals surface area contributed by atoms with Gasteiger partial charge < -0.3 is 64.4 Å². The molecule has 3 atom stereocenters. The van der Waals surface area contributed by atoms with Crippen molar-refractivity contribution in [1.29, 1.82) is 0 Å². The summed E-state index contributed by atoms with van der Waals surface area (Å²) in [4.78, 5) is 92.7. The minimum Gasteiger partial charge on any atom is -0.480 e. The summed E-state index contributed by atoms with van der Waals surface area (Å²) in [5, 5.41) is 24.6. The molecule has 0 aliphatic heterocycles. The van der Waals surface area contributed by atoms with Crippen LogP contribution in [-0.4, -0.2) is 130 Å². The zero-order valence-corrected chi connectivity index (χ0v) is 64.2. The molecule has 5 rings (SSSR count). The van der Waals surface area contributed by atoms with Gasteiger partial charge in [0.1, 0.15) is 64.8 Å². The predicted molar refractivity (Wildman–Crippen MR) is 386 cm³/mol. The normalized spacial score (nSPS) is 17.6. The zero-order chi connectivity index (χ0) is 72.3. The third-order valence-electron chi connectivity index (χ3n) is 15.6. The van der Waals surface area contributed by atoms with Gasteiger partial charge in [-0.3, -0.25) is 10.1 Å². The van der Waals surface area contributed by atoms with Gasteiger partial charge in [-0.15, -0.1) is 12.4 Å². The van der Waals surface area contributed by atoms with E-state index in [1.807, 2.05) is 20.8 Å². The van der Waals surface area contributed by atoms with Gasteiger partial charge in [0.15, 0.2) is 5.78 Å². The molecule has 0 radical (unpaired) electrons. The number of aliphatic hydroxyl groups excluding tert-OH is 1. The molecule has 5 aliphatic rings. The highest BCUT2D eigenvalue weighted by Crippen LogP contribution is 2.42. The third-order valence-corrected chi connectivity index (χ3v) is 17.2. The lowest BCUT2D eigenvalue weighted by molar-refractivity contribution is -0.158. The van der Waals surface area contributed by atoms with E-state index in [9.17, 15) is 42.9 Å². The van der Waals surface area contributed by atoms with Gasteiger partial charge in [-0.05, 0) is 206 Å². The van der Waals surface area contributed by atoms with Crippen LogP contribution in [0, 0.1) is 29.6 Å². The van der Waals surface area contributed by atoms with Crippen LogP contribution in [0.25, 0.3) is 0 Å². The maximum atomic E-state index is 12.4. The van der Waals surface area contributed by atoms with Gasteiger partial charge in [0.2, 0.25) is 0 Å². The molecule has 0 aromatic rings. The van der Waals surface area contributed by atoms with Crippen LogP contribution in [0.4, 0.5) is 14.4 Å². The molecular weight excluding hydrogens is 1270 g/mol. The first-order valence-corrected chi connectivity index (χ1v) is 37.7. The fourth-order valence-electron chi connectivity index (χ4n) is 11.2. The monoisotopic (exact) mass is 1410 g/mol. The lowest BCUT2D eigenvalue weighted by Crippen LogP contribution is -2.46. The second-order valence-electron chi connectivity index (χ2n) is 32.5. The number of hydrogen-bond acceptors (Lipinski definition) is 17. The van der Waals surface area contributed by atoms with Crippen LogP contribution in [0.15, 0.2) is 11.8 Å². The summed E-state index contributed by atoms with van der Waals surface area (Å²) in [5.41, 5.74) is 1.75. The van der Waals surface area contributed by atoms with Crippen LogP contribution in [0.5, 0.6) is 0 Å². The Kier molecular flexibility index (Phi) is 46.7. The topological polar surface area (TPSA) is 312 Å². The Morgan fingerprint density at radius 2 is 0.802 bits per heavy atom. The molecule has 3 amide bonds. The molecule has 96 heavy (non-hydrogen) atoms. The number of carbonyl (C=O) groups is 8. The van der Waals surface area contributed by atoms with E-state index in [2.05, 4.69) is 16.0 Å². The number of aldehydes is 1. The molecule has 7 N–H and O–H groups in total. The summed E-state index contributed by atoms with van der Waals surface area (Å²) in [7, 11) is -2.92. The minimum atomic E-state index is -2.92. The first kappa shape index (κ1) is 95.7. The van der Waals surface area contributed by atoms with Crippen molar-refractivity contribution in [2.24, 2.45) is 35.3 Å². The second-order valence-corrected chi connectivity index (χ2v) is 35.9. The highest BCUT2D eigenvalue weighted by atomic mass is 35.5. The second kappa shape index (κ2) is 46.8. The number of carbonyl (C=O) groups excluding carboxylic acids is 7. The SMILES string of the molecule is C.CC(C)(C)OC(=O)N/C(=C\CC1CCCC1)C(=O)OC(C)(C)C.CC(C)(C)OC(=O)NC(C(=O)OC(C)(C)C)P(C)(C)=O.CC(C)(C)OC(=O)NC(CCC1CCCC1)C(=O)OC(C)(C)C.Cl.NC(CCC1CCCC1)C(=O)O.O=CCC1CCCC1.OCCC1CCCC1. The van der Waals surface area contributed by atoms with Gasteiger partial charge in [-0.2, -0.15) is 0 Å². The van der Waals surface area contributed by atoms with Gasteiger partial charge in [0.05, 0.1) is 0 Å². The number of rotatable bonds is 20. The highest BCUT2D eigenvalue weighted by Gasteiger charge is 2.37. The smallest absolute Gasteiger partial charge is 0.412 e. The van der Waals surface area contributed by atoms with Crippen molar-refractivity contribution in [3.63, 3.8) is 0 Å². The first-order chi connectivity index (χ1) is 43.1. The Balaban J connectivity index is -0.00000112. The van der Waals surface area contributed by atoms with Crippen LogP contribution >= 0.6 is 19.5 Å². The fraction of sp³-hybridized carbons (Fsp3) is 0.863. The lowest BCUT2D eigenvalue weighted by Gasteiger charge is -2.27.